The molecule has 0 unspecified atom stereocenters. The first kappa shape index (κ1) is 68.3. The summed E-state index contributed by atoms with van der Waals surface area (Å²) < 4.78 is 13.8. The molecule has 2 heterocycles. The summed E-state index contributed by atoms with van der Waals surface area (Å²) in [5.74, 6) is 0. The molecule has 2 aromatic heterocycles. The first-order valence-electron chi connectivity index (χ1n) is 41.7. The van der Waals surface area contributed by atoms with Gasteiger partial charge in [0.15, 0.2) is 0 Å². The number of para-hydroxylation sites is 2. The molecule has 0 radical (unpaired) electrons. The fourth-order valence-corrected chi connectivity index (χ4v) is 22.8. The van der Waals surface area contributed by atoms with Crippen molar-refractivity contribution in [1.82, 2.24) is 0 Å². The topological polar surface area (TPSA) is 29.5 Å². The highest BCUT2D eigenvalue weighted by Gasteiger charge is 2.50. The molecule has 15 aromatic rings. The summed E-state index contributed by atoms with van der Waals surface area (Å²) in [5, 5.41) is 4.80. The van der Waals surface area contributed by atoms with Crippen LogP contribution in [0.2, 0.25) is 0 Å². The third-order valence-corrected chi connectivity index (χ3v) is 28.5. The number of benzene rings is 13. The van der Waals surface area contributed by atoms with Crippen LogP contribution in [0.1, 0.15) is 227 Å². The summed E-state index contributed by atoms with van der Waals surface area (Å²) in [7, 11) is 0. The van der Waals surface area contributed by atoms with Crippen LogP contribution in [-0.4, -0.2) is 0 Å². The molecule has 0 spiro atoms. The van der Waals surface area contributed by atoms with Gasteiger partial charge in [-0.05, 0) is 248 Å². The molecule has 3 nitrogen and oxygen atoms in total. The number of furan rings is 2. The normalized spacial score (nSPS) is 16.3. The van der Waals surface area contributed by atoms with E-state index in [0.717, 1.165) is 39.4 Å². The van der Waals surface area contributed by atoms with Crippen LogP contribution in [0, 0.1) is 0 Å². The first-order valence-corrected chi connectivity index (χ1v) is 41.7. The summed E-state index contributed by atoms with van der Waals surface area (Å²) in [5.41, 5.74) is 43.7. The van der Waals surface area contributed by atoms with Gasteiger partial charge in [0, 0.05) is 76.7 Å². The van der Waals surface area contributed by atoms with Crippen LogP contribution in [-0.2, 0) is 32.5 Å². The molecule has 13 aromatic carbocycles. The molecule has 0 aliphatic heterocycles. The van der Waals surface area contributed by atoms with Gasteiger partial charge in [-0.25, -0.2) is 0 Å². The second-order valence-corrected chi connectivity index (χ2v) is 36.5. The van der Waals surface area contributed by atoms with E-state index in [1.807, 2.05) is 0 Å². The highest BCUT2D eigenvalue weighted by molar-refractivity contribution is 6.21. The van der Waals surface area contributed by atoms with Gasteiger partial charge in [0.1, 0.15) is 22.3 Å². The lowest BCUT2D eigenvalue weighted by molar-refractivity contribution is 0.399. The quantitative estimate of drug-likeness (QED) is 0.0851. The van der Waals surface area contributed by atoms with Crippen molar-refractivity contribution in [3.05, 3.63) is 303 Å². The number of hydrogen-bond acceptors (Lipinski definition) is 3. The minimum atomic E-state index is -0.389. The van der Waals surface area contributed by atoms with Crippen LogP contribution in [0.3, 0.4) is 0 Å². The molecule has 0 saturated heterocycles. The zero-order chi connectivity index (χ0) is 75.6. The molecule has 111 heavy (non-hydrogen) atoms. The van der Waals surface area contributed by atoms with E-state index >= 15 is 0 Å². The van der Waals surface area contributed by atoms with Crippen LogP contribution in [0.4, 0.5) is 17.1 Å². The highest BCUT2D eigenvalue weighted by Crippen LogP contribution is 2.66. The maximum Gasteiger partial charge on any atom is 0.144 e. The van der Waals surface area contributed by atoms with E-state index in [1.54, 1.807) is 11.1 Å². The summed E-state index contributed by atoms with van der Waals surface area (Å²) in [6.07, 6.45) is 15.5. The van der Waals surface area contributed by atoms with E-state index in [-0.39, 0.29) is 32.5 Å². The monoisotopic (exact) mass is 1440 g/mol. The Morgan fingerprint density at radius 2 is 0.685 bits per heavy atom. The number of nitrogens with zero attached hydrogens (tertiary/aromatic N) is 1. The minimum Gasteiger partial charge on any atom is -0.456 e. The lowest BCUT2D eigenvalue weighted by atomic mass is 9.70. The Morgan fingerprint density at radius 1 is 0.261 bits per heavy atom. The van der Waals surface area contributed by atoms with Gasteiger partial charge in [-0.1, -0.05) is 299 Å². The van der Waals surface area contributed by atoms with Crippen molar-refractivity contribution in [3.63, 3.8) is 0 Å². The molecule has 0 amide bonds. The lowest BCUT2D eigenvalue weighted by Gasteiger charge is -2.33. The molecule has 6 aliphatic carbocycles. The van der Waals surface area contributed by atoms with E-state index in [0.29, 0.717) is 0 Å². The number of rotatable bonds is 17. The van der Waals surface area contributed by atoms with Crippen molar-refractivity contribution >= 4 is 60.9 Å². The third-order valence-electron chi connectivity index (χ3n) is 28.5. The Morgan fingerprint density at radius 3 is 1.33 bits per heavy atom. The Balaban J connectivity index is 0.663. The molecule has 548 valence electrons. The second kappa shape index (κ2) is 24.4. The highest BCUT2D eigenvalue weighted by atomic mass is 16.3. The fourth-order valence-electron chi connectivity index (χ4n) is 22.8. The van der Waals surface area contributed by atoms with Crippen molar-refractivity contribution in [2.45, 2.75) is 193 Å². The van der Waals surface area contributed by atoms with E-state index in [4.69, 9.17) is 8.83 Å². The van der Waals surface area contributed by atoms with Gasteiger partial charge in [0.05, 0.1) is 0 Å². The van der Waals surface area contributed by atoms with Gasteiger partial charge in [0.25, 0.3) is 0 Å². The van der Waals surface area contributed by atoms with Crippen LogP contribution in [0.5, 0.6) is 0 Å². The molecule has 6 aliphatic rings. The molecular weight excluding hydrogens is 1340 g/mol. The zero-order valence-electron chi connectivity index (χ0n) is 66.8. The van der Waals surface area contributed by atoms with Crippen molar-refractivity contribution in [2.24, 2.45) is 0 Å². The molecular formula is C108H99NO2. The average molecular weight is 1440 g/mol. The van der Waals surface area contributed by atoms with Gasteiger partial charge in [-0.15, -0.1) is 0 Å². The second-order valence-electron chi connectivity index (χ2n) is 36.5. The Bertz CT molecular complexity index is 6450. The summed E-state index contributed by atoms with van der Waals surface area (Å²) in [6.45, 7) is 29.2. The Hall–Kier alpha value is -10.7. The maximum atomic E-state index is 7.21. The predicted molar refractivity (Wildman–Crippen MR) is 467 cm³/mol. The van der Waals surface area contributed by atoms with Gasteiger partial charge in [0.2, 0.25) is 0 Å². The third kappa shape index (κ3) is 9.57. The van der Waals surface area contributed by atoms with E-state index in [2.05, 4.69) is 325 Å². The lowest BCUT2D eigenvalue weighted by Crippen LogP contribution is -2.25. The van der Waals surface area contributed by atoms with Crippen molar-refractivity contribution < 1.29 is 8.83 Å². The largest absolute Gasteiger partial charge is 0.456 e. The molecule has 0 atom stereocenters. The predicted octanol–water partition coefficient (Wildman–Crippen LogP) is 30.8. The molecule has 0 saturated carbocycles. The van der Waals surface area contributed by atoms with E-state index < -0.39 is 0 Å². The van der Waals surface area contributed by atoms with Crippen LogP contribution < -0.4 is 4.90 Å². The van der Waals surface area contributed by atoms with Crippen molar-refractivity contribution in [3.8, 4) is 89.0 Å². The summed E-state index contributed by atoms with van der Waals surface area (Å²) in [6, 6.07) is 92.0. The van der Waals surface area contributed by atoms with E-state index in [1.165, 1.54) is 243 Å². The number of anilines is 3. The number of hydrogen-bond donors (Lipinski definition) is 0. The molecule has 0 bridgehead atoms. The van der Waals surface area contributed by atoms with Crippen LogP contribution in [0.15, 0.2) is 245 Å². The zero-order valence-corrected chi connectivity index (χ0v) is 66.8. The molecule has 0 N–H and O–H groups in total. The van der Waals surface area contributed by atoms with E-state index in [9.17, 15) is 0 Å². The minimum absolute atomic E-state index is 0.0365. The first-order chi connectivity index (χ1) is 53.7. The SMILES string of the molecule is CCCCCCCC1(CCCCCCC)c2ccccc2-c2ccc(-c3ccc4c(c3)C(C)(C)c3cc(-c5ccc(N(c6ccc7c(c6)C(C)(C)c6cc8c(cc6-7)C(C)(C)c6ccc7oc9ccccc9c7c6-8)c6ccc7c(c6)C(C)(C)c6c8c(c9c(oc%10ccccc%109)c6-7)-c6ccccc6C8(C)C)cc5)ccc3-4)cc21. The smallest absolute Gasteiger partial charge is 0.144 e. The van der Waals surface area contributed by atoms with Crippen molar-refractivity contribution in [1.29, 1.82) is 0 Å². The number of fused-ring (bicyclic) bond motifs is 28. The Labute approximate surface area is 655 Å². The number of unbranched alkanes of at least 4 members (excludes halogenated alkanes) is 8. The van der Waals surface area contributed by atoms with Gasteiger partial charge in [-0.2, -0.15) is 0 Å². The standard InChI is InChI=1S/C108H99NO2/c1-13-15-17-19-29-55-108(56-30-20-18-16-14-2)83-36-26-21-31-71(83)74-50-43-67(59-91(74)108)66-42-49-73-72-48-41-65(57-85(72)104(5,6)86(73)58-66)64-39-44-68(45-40-64)109(69-46-51-75-80-62-90-81(63-89(80)105(7,8)87(75)60-69)95-84(103(90,3)4)53-54-94-96(95)78-33-23-27-37-92(78)110-94)70-47-52-77-88(61-70)107(11,12)101-99(77)102-98(79-34-24-28-38-93(79)111-102)97-76-32-22-25-35-82(76)106(9,10)100(97)101/h21-28,31-54,57-63H,13-20,29-30,55-56H2,1-12H3. The molecule has 3 heteroatoms. The molecule has 0 fully saturated rings. The van der Waals surface area contributed by atoms with Crippen LogP contribution in [0.25, 0.3) is 133 Å². The van der Waals surface area contributed by atoms with Crippen molar-refractivity contribution in [2.75, 3.05) is 4.90 Å². The molecule has 21 rings (SSSR count). The summed E-state index contributed by atoms with van der Waals surface area (Å²) in [4.78, 5) is 2.55. The Kier molecular flexibility index (Phi) is 15.0. The average Bonchev–Trinajstić information content (AvgIpc) is 1.50. The fraction of sp³-hybridized carbons (Fsp3) is 0.278. The maximum absolute atomic E-state index is 7.21. The van der Waals surface area contributed by atoms with Gasteiger partial charge in [-0.3, -0.25) is 0 Å². The summed E-state index contributed by atoms with van der Waals surface area (Å²) >= 11 is 0. The van der Waals surface area contributed by atoms with Gasteiger partial charge < -0.3 is 13.7 Å². The van der Waals surface area contributed by atoms with Crippen LogP contribution >= 0.6 is 0 Å². The van der Waals surface area contributed by atoms with Gasteiger partial charge >= 0.3 is 0 Å².